The highest BCUT2D eigenvalue weighted by Gasteiger charge is 2.19. The summed E-state index contributed by atoms with van der Waals surface area (Å²) in [5.41, 5.74) is 2.35. The van der Waals surface area contributed by atoms with Gasteiger partial charge in [-0.1, -0.05) is 0 Å². The molecule has 100 valence electrons. The van der Waals surface area contributed by atoms with Gasteiger partial charge in [-0.25, -0.2) is 0 Å². The van der Waals surface area contributed by atoms with E-state index < -0.39 is 0 Å². The summed E-state index contributed by atoms with van der Waals surface area (Å²) in [6.07, 6.45) is 3.76. The molecule has 1 atom stereocenters. The average Bonchev–Trinajstić information content (AvgIpc) is 2.81. The van der Waals surface area contributed by atoms with Crippen LogP contribution < -0.4 is 10.6 Å². The standard InChI is InChI=1S/C12H20N4OS/c1-9-10(7-15-16-9)3-2-4-14-12(17)11-8-18-6-5-13-11/h7,11,13H,2-6,8H2,1H3,(H,14,17)(H,15,16). The lowest BCUT2D eigenvalue weighted by molar-refractivity contribution is -0.122. The van der Waals surface area contributed by atoms with Crippen LogP contribution in [0.4, 0.5) is 0 Å². The Balaban J connectivity index is 1.63. The van der Waals surface area contributed by atoms with Crippen LogP contribution in [-0.4, -0.2) is 46.7 Å². The molecule has 1 saturated heterocycles. The average molecular weight is 268 g/mol. The minimum absolute atomic E-state index is 0.0144. The molecular formula is C12H20N4OS. The van der Waals surface area contributed by atoms with E-state index in [-0.39, 0.29) is 11.9 Å². The van der Waals surface area contributed by atoms with Crippen LogP contribution >= 0.6 is 11.8 Å². The topological polar surface area (TPSA) is 69.8 Å². The van der Waals surface area contributed by atoms with Gasteiger partial charge in [0.25, 0.3) is 0 Å². The van der Waals surface area contributed by atoms with Crippen molar-refractivity contribution in [2.24, 2.45) is 0 Å². The number of amides is 1. The Hall–Kier alpha value is -1.01. The van der Waals surface area contributed by atoms with Gasteiger partial charge in [0, 0.05) is 30.3 Å². The van der Waals surface area contributed by atoms with E-state index >= 15 is 0 Å². The van der Waals surface area contributed by atoms with Crippen LogP contribution in [0.25, 0.3) is 0 Å². The van der Waals surface area contributed by atoms with Crippen LogP contribution in [0.15, 0.2) is 6.20 Å². The van der Waals surface area contributed by atoms with E-state index in [0.29, 0.717) is 0 Å². The first kappa shape index (κ1) is 13.4. The molecule has 0 aromatic carbocycles. The number of rotatable bonds is 5. The van der Waals surface area contributed by atoms with Gasteiger partial charge < -0.3 is 10.6 Å². The van der Waals surface area contributed by atoms with Crippen molar-refractivity contribution in [3.63, 3.8) is 0 Å². The first-order valence-electron chi connectivity index (χ1n) is 6.35. The molecule has 1 aliphatic rings. The summed E-state index contributed by atoms with van der Waals surface area (Å²) < 4.78 is 0. The van der Waals surface area contributed by atoms with Gasteiger partial charge in [0.05, 0.1) is 12.2 Å². The number of nitrogens with one attached hydrogen (secondary N) is 3. The van der Waals surface area contributed by atoms with Crippen molar-refractivity contribution < 1.29 is 4.79 Å². The monoisotopic (exact) mass is 268 g/mol. The molecule has 1 aromatic rings. The zero-order valence-corrected chi connectivity index (χ0v) is 11.5. The Morgan fingerprint density at radius 2 is 2.56 bits per heavy atom. The van der Waals surface area contributed by atoms with Gasteiger partial charge in [-0.2, -0.15) is 16.9 Å². The molecule has 0 saturated carbocycles. The van der Waals surface area contributed by atoms with Crippen LogP contribution in [-0.2, 0) is 11.2 Å². The Kier molecular flexibility index (Phi) is 5.07. The summed E-state index contributed by atoms with van der Waals surface area (Å²) in [4.78, 5) is 11.8. The molecule has 0 radical (unpaired) electrons. The Labute approximate surface area is 111 Å². The Morgan fingerprint density at radius 1 is 1.67 bits per heavy atom. The fourth-order valence-corrected chi connectivity index (χ4v) is 2.91. The molecule has 1 aromatic heterocycles. The molecule has 0 aliphatic carbocycles. The predicted molar refractivity (Wildman–Crippen MR) is 73.8 cm³/mol. The number of aromatic amines is 1. The Morgan fingerprint density at radius 3 is 3.22 bits per heavy atom. The van der Waals surface area contributed by atoms with E-state index in [0.717, 1.165) is 43.1 Å². The first-order chi connectivity index (χ1) is 8.77. The fraction of sp³-hybridized carbons (Fsp3) is 0.667. The lowest BCUT2D eigenvalue weighted by Gasteiger charge is -2.22. The zero-order chi connectivity index (χ0) is 12.8. The molecule has 1 unspecified atom stereocenters. The third-order valence-electron chi connectivity index (χ3n) is 3.09. The number of aryl methyl sites for hydroxylation is 2. The molecule has 1 amide bonds. The Bertz CT molecular complexity index is 387. The number of H-pyrrole nitrogens is 1. The van der Waals surface area contributed by atoms with Gasteiger partial charge >= 0.3 is 0 Å². The number of carbonyl (C=O) groups excluding carboxylic acids is 1. The highest BCUT2D eigenvalue weighted by Crippen LogP contribution is 2.08. The number of nitrogens with zero attached hydrogens (tertiary/aromatic N) is 1. The molecule has 1 aliphatic heterocycles. The van der Waals surface area contributed by atoms with E-state index in [1.54, 1.807) is 0 Å². The van der Waals surface area contributed by atoms with Crippen LogP contribution in [0.5, 0.6) is 0 Å². The van der Waals surface area contributed by atoms with Crippen molar-refractivity contribution in [3.05, 3.63) is 17.5 Å². The van der Waals surface area contributed by atoms with Crippen molar-refractivity contribution in [1.82, 2.24) is 20.8 Å². The predicted octanol–water partition coefficient (Wildman–Crippen LogP) is 0.472. The second kappa shape index (κ2) is 6.80. The minimum atomic E-state index is -0.0144. The van der Waals surface area contributed by atoms with Crippen molar-refractivity contribution in [1.29, 1.82) is 0 Å². The molecule has 1 fully saturated rings. The smallest absolute Gasteiger partial charge is 0.237 e. The number of carbonyl (C=O) groups is 1. The van der Waals surface area contributed by atoms with Gasteiger partial charge in [-0.15, -0.1) is 0 Å². The van der Waals surface area contributed by atoms with Crippen LogP contribution in [0.1, 0.15) is 17.7 Å². The van der Waals surface area contributed by atoms with E-state index in [2.05, 4.69) is 20.8 Å². The fourth-order valence-electron chi connectivity index (χ4n) is 1.98. The van der Waals surface area contributed by atoms with Crippen LogP contribution in [0.3, 0.4) is 0 Å². The maximum absolute atomic E-state index is 11.8. The molecule has 2 heterocycles. The van der Waals surface area contributed by atoms with Crippen molar-refractivity contribution in [2.45, 2.75) is 25.8 Å². The number of hydrogen-bond donors (Lipinski definition) is 3. The zero-order valence-electron chi connectivity index (χ0n) is 10.7. The largest absolute Gasteiger partial charge is 0.355 e. The number of aromatic nitrogens is 2. The van der Waals surface area contributed by atoms with Gasteiger partial charge in [0.1, 0.15) is 0 Å². The van der Waals surface area contributed by atoms with Gasteiger partial charge in [0.15, 0.2) is 0 Å². The lowest BCUT2D eigenvalue weighted by Crippen LogP contribution is -2.49. The van der Waals surface area contributed by atoms with Gasteiger partial charge in [-0.3, -0.25) is 9.89 Å². The molecule has 5 nitrogen and oxygen atoms in total. The highest BCUT2D eigenvalue weighted by atomic mass is 32.2. The van der Waals surface area contributed by atoms with E-state index in [1.807, 2.05) is 24.9 Å². The quantitative estimate of drug-likeness (QED) is 0.679. The van der Waals surface area contributed by atoms with Crippen molar-refractivity contribution in [3.8, 4) is 0 Å². The maximum Gasteiger partial charge on any atom is 0.237 e. The summed E-state index contributed by atoms with van der Waals surface area (Å²) in [6.45, 7) is 3.67. The van der Waals surface area contributed by atoms with Gasteiger partial charge in [0.2, 0.25) is 5.91 Å². The molecule has 18 heavy (non-hydrogen) atoms. The molecule has 0 bridgehead atoms. The SMILES string of the molecule is Cc1[nH]ncc1CCCNC(=O)C1CSCCN1. The van der Waals surface area contributed by atoms with Crippen molar-refractivity contribution >= 4 is 17.7 Å². The molecule has 0 spiro atoms. The molecule has 3 N–H and O–H groups in total. The summed E-state index contributed by atoms with van der Waals surface area (Å²) >= 11 is 1.83. The molecule has 2 rings (SSSR count). The van der Waals surface area contributed by atoms with E-state index in [1.165, 1.54) is 5.56 Å². The van der Waals surface area contributed by atoms with Crippen LogP contribution in [0.2, 0.25) is 0 Å². The van der Waals surface area contributed by atoms with E-state index in [9.17, 15) is 4.79 Å². The van der Waals surface area contributed by atoms with E-state index in [4.69, 9.17) is 0 Å². The maximum atomic E-state index is 11.8. The summed E-state index contributed by atoms with van der Waals surface area (Å²) in [7, 11) is 0. The lowest BCUT2D eigenvalue weighted by atomic mass is 10.1. The normalized spacial score (nSPS) is 19.7. The minimum Gasteiger partial charge on any atom is -0.355 e. The second-order valence-corrected chi connectivity index (χ2v) is 5.65. The molecule has 6 heteroatoms. The third kappa shape index (κ3) is 3.74. The third-order valence-corrected chi connectivity index (χ3v) is 4.16. The van der Waals surface area contributed by atoms with Gasteiger partial charge in [-0.05, 0) is 25.3 Å². The second-order valence-electron chi connectivity index (χ2n) is 4.50. The van der Waals surface area contributed by atoms with Crippen molar-refractivity contribution in [2.75, 3.05) is 24.6 Å². The summed E-state index contributed by atoms with van der Waals surface area (Å²) in [6, 6.07) is -0.0144. The first-order valence-corrected chi connectivity index (χ1v) is 7.50. The summed E-state index contributed by atoms with van der Waals surface area (Å²) in [5, 5.41) is 13.1. The number of thioether (sulfide) groups is 1. The van der Waals surface area contributed by atoms with Crippen LogP contribution in [0, 0.1) is 6.92 Å². The number of hydrogen-bond acceptors (Lipinski definition) is 4. The highest BCUT2D eigenvalue weighted by molar-refractivity contribution is 7.99. The summed E-state index contributed by atoms with van der Waals surface area (Å²) in [5.74, 6) is 2.11. The molecular weight excluding hydrogens is 248 g/mol.